The van der Waals surface area contributed by atoms with Crippen LogP contribution in [0.4, 0.5) is 4.39 Å². The van der Waals surface area contributed by atoms with Crippen molar-refractivity contribution in [2.45, 2.75) is 37.5 Å². The van der Waals surface area contributed by atoms with Crippen molar-refractivity contribution in [3.63, 3.8) is 0 Å². The molecular formula is C29H31FN4O3S. The van der Waals surface area contributed by atoms with Gasteiger partial charge in [0.1, 0.15) is 17.1 Å². The van der Waals surface area contributed by atoms with Crippen LogP contribution in [0.25, 0.3) is 0 Å². The molecule has 0 radical (unpaired) electrons. The number of halogens is 1. The lowest BCUT2D eigenvalue weighted by molar-refractivity contribution is -0.134. The Bertz CT molecular complexity index is 1280. The topological polar surface area (TPSA) is 74.8 Å². The number of carbonyl (C=O) groups is 2. The fraction of sp³-hybridized carbons (Fsp3) is 0.345. The summed E-state index contributed by atoms with van der Waals surface area (Å²) in [6.07, 6.45) is 5.41. The van der Waals surface area contributed by atoms with Gasteiger partial charge in [0.2, 0.25) is 11.8 Å². The van der Waals surface area contributed by atoms with E-state index >= 15 is 0 Å². The van der Waals surface area contributed by atoms with Crippen LogP contribution < -0.4 is 10.1 Å². The number of carbonyl (C=O) groups excluding carboxylic acids is 2. The Labute approximate surface area is 226 Å². The normalized spacial score (nSPS) is 18.7. The molecule has 2 amide bonds. The largest absolute Gasteiger partial charge is 0.438 e. The number of nitrogens with zero attached hydrogens (tertiary/aromatic N) is 3. The number of pyridine rings is 1. The monoisotopic (exact) mass is 534 g/mol. The molecule has 2 aromatic carbocycles. The molecule has 1 spiro atoms. The van der Waals surface area contributed by atoms with Crippen molar-refractivity contribution in [2.75, 3.05) is 25.1 Å². The van der Waals surface area contributed by atoms with Crippen molar-refractivity contribution in [1.82, 2.24) is 20.1 Å². The summed E-state index contributed by atoms with van der Waals surface area (Å²) in [4.78, 5) is 34.9. The third-order valence-electron chi connectivity index (χ3n) is 7.26. The number of aromatic nitrogens is 1. The molecule has 9 heteroatoms. The summed E-state index contributed by atoms with van der Waals surface area (Å²) in [5.41, 5.74) is 0.255. The van der Waals surface area contributed by atoms with Crippen LogP contribution in [0.5, 0.6) is 11.6 Å². The standard InChI is InChI=1S/C29H31FN4O3S/c1-38-19-13-25-28(36)34(20-21-8-5-6-12-24(21)30)29(32-25)14-17-33(18-15-29)27(35)23-11-7-16-31-26(23)37-22-9-3-2-4-10-22/h2-12,16,25,32H,13-15,17-20H2,1H3. The Balaban J connectivity index is 1.33. The molecule has 2 fully saturated rings. The number of hydrogen-bond donors (Lipinski definition) is 1. The minimum atomic E-state index is -0.627. The van der Waals surface area contributed by atoms with Crippen LogP contribution in [-0.4, -0.2) is 63.4 Å². The highest BCUT2D eigenvalue weighted by atomic mass is 32.2. The van der Waals surface area contributed by atoms with E-state index in [-0.39, 0.29) is 36.1 Å². The van der Waals surface area contributed by atoms with Crippen LogP contribution in [0.2, 0.25) is 0 Å². The van der Waals surface area contributed by atoms with Crippen LogP contribution >= 0.6 is 11.8 Å². The zero-order valence-electron chi connectivity index (χ0n) is 21.3. The molecule has 5 rings (SSSR count). The Morgan fingerprint density at radius 1 is 1.11 bits per heavy atom. The Morgan fingerprint density at radius 2 is 1.84 bits per heavy atom. The lowest BCUT2D eigenvalue weighted by atomic mass is 9.94. The summed E-state index contributed by atoms with van der Waals surface area (Å²) in [5.74, 6) is 1.22. The maximum Gasteiger partial charge on any atom is 0.259 e. The summed E-state index contributed by atoms with van der Waals surface area (Å²) < 4.78 is 20.5. The molecule has 1 atom stereocenters. The van der Waals surface area contributed by atoms with Crippen molar-refractivity contribution < 1.29 is 18.7 Å². The van der Waals surface area contributed by atoms with Gasteiger partial charge in [0, 0.05) is 37.7 Å². The molecule has 2 aliphatic heterocycles. The van der Waals surface area contributed by atoms with Crippen molar-refractivity contribution >= 4 is 23.6 Å². The number of amides is 2. The number of hydrogen-bond acceptors (Lipinski definition) is 6. The van der Waals surface area contributed by atoms with Crippen molar-refractivity contribution in [3.8, 4) is 11.6 Å². The second-order valence-electron chi connectivity index (χ2n) is 9.59. The van der Waals surface area contributed by atoms with Crippen LogP contribution in [0, 0.1) is 5.82 Å². The molecule has 2 saturated heterocycles. The van der Waals surface area contributed by atoms with Gasteiger partial charge in [0.05, 0.1) is 18.2 Å². The van der Waals surface area contributed by atoms with E-state index in [4.69, 9.17) is 4.74 Å². The van der Waals surface area contributed by atoms with Gasteiger partial charge in [-0.05, 0) is 48.8 Å². The van der Waals surface area contributed by atoms with Gasteiger partial charge in [-0.2, -0.15) is 11.8 Å². The van der Waals surface area contributed by atoms with Crippen molar-refractivity contribution in [2.24, 2.45) is 0 Å². The molecule has 1 aromatic heterocycles. The fourth-order valence-corrected chi connectivity index (χ4v) is 5.69. The molecule has 198 valence electrons. The number of nitrogens with one attached hydrogen (secondary N) is 1. The van der Waals surface area contributed by atoms with Crippen LogP contribution in [0.15, 0.2) is 72.9 Å². The predicted octanol–water partition coefficient (Wildman–Crippen LogP) is 4.70. The van der Waals surface area contributed by atoms with Crippen LogP contribution in [-0.2, 0) is 11.3 Å². The second-order valence-corrected chi connectivity index (χ2v) is 10.6. The van der Waals surface area contributed by atoms with Gasteiger partial charge in [0.25, 0.3) is 5.91 Å². The maximum absolute atomic E-state index is 14.5. The van der Waals surface area contributed by atoms with Gasteiger partial charge in [-0.1, -0.05) is 36.4 Å². The van der Waals surface area contributed by atoms with Crippen LogP contribution in [0.1, 0.15) is 35.2 Å². The zero-order chi connectivity index (χ0) is 26.5. The van der Waals surface area contributed by atoms with E-state index in [1.165, 1.54) is 6.07 Å². The molecular weight excluding hydrogens is 503 g/mol. The summed E-state index contributed by atoms with van der Waals surface area (Å²) in [5, 5.41) is 3.59. The van der Waals surface area contributed by atoms with E-state index in [0.717, 1.165) is 5.75 Å². The third-order valence-corrected chi connectivity index (χ3v) is 7.90. The summed E-state index contributed by atoms with van der Waals surface area (Å²) in [6.45, 7) is 1.09. The minimum absolute atomic E-state index is 0.00659. The molecule has 38 heavy (non-hydrogen) atoms. The summed E-state index contributed by atoms with van der Waals surface area (Å²) >= 11 is 1.70. The molecule has 2 aliphatic rings. The van der Waals surface area contributed by atoms with Gasteiger partial charge >= 0.3 is 0 Å². The Kier molecular flexibility index (Phi) is 7.95. The van der Waals surface area contributed by atoms with E-state index in [0.29, 0.717) is 49.2 Å². The average Bonchev–Trinajstić information content (AvgIpc) is 3.19. The van der Waals surface area contributed by atoms with Gasteiger partial charge in [-0.25, -0.2) is 9.37 Å². The summed E-state index contributed by atoms with van der Waals surface area (Å²) in [7, 11) is 0. The number of thioether (sulfide) groups is 1. The van der Waals surface area contributed by atoms with Gasteiger partial charge in [-0.15, -0.1) is 0 Å². The Hall–Kier alpha value is -3.43. The molecule has 3 heterocycles. The first kappa shape index (κ1) is 26.2. The highest BCUT2D eigenvalue weighted by molar-refractivity contribution is 7.98. The third kappa shape index (κ3) is 5.39. The number of rotatable bonds is 8. The number of ether oxygens (including phenoxy) is 1. The number of para-hydroxylation sites is 1. The van der Waals surface area contributed by atoms with Crippen molar-refractivity contribution in [3.05, 3.63) is 89.9 Å². The predicted molar refractivity (Wildman–Crippen MR) is 145 cm³/mol. The zero-order valence-corrected chi connectivity index (χ0v) is 22.1. The van der Waals surface area contributed by atoms with E-state index in [2.05, 4.69) is 10.3 Å². The first-order valence-electron chi connectivity index (χ1n) is 12.8. The first-order valence-corrected chi connectivity index (χ1v) is 14.2. The Morgan fingerprint density at radius 3 is 2.58 bits per heavy atom. The second kappa shape index (κ2) is 11.5. The van der Waals surface area contributed by atoms with Crippen LogP contribution in [0.3, 0.4) is 0 Å². The fourth-order valence-electron chi connectivity index (χ4n) is 5.22. The summed E-state index contributed by atoms with van der Waals surface area (Å²) in [6, 6.07) is 18.9. The van der Waals surface area contributed by atoms with Gasteiger partial charge in [-0.3, -0.25) is 14.9 Å². The molecule has 7 nitrogen and oxygen atoms in total. The van der Waals surface area contributed by atoms with Gasteiger partial charge < -0.3 is 14.5 Å². The van der Waals surface area contributed by atoms with Crippen molar-refractivity contribution in [1.29, 1.82) is 0 Å². The molecule has 3 aromatic rings. The SMILES string of the molecule is CSCCC1NC2(CCN(C(=O)c3cccnc3Oc3ccccc3)CC2)N(Cc2ccccc2F)C1=O. The number of likely N-dealkylation sites (tertiary alicyclic amines) is 1. The minimum Gasteiger partial charge on any atom is -0.438 e. The lowest BCUT2D eigenvalue weighted by Gasteiger charge is -2.44. The molecule has 0 aliphatic carbocycles. The lowest BCUT2D eigenvalue weighted by Crippen LogP contribution is -2.59. The quantitative estimate of drug-likeness (QED) is 0.452. The van der Waals surface area contributed by atoms with E-state index < -0.39 is 5.66 Å². The number of benzene rings is 2. The highest BCUT2D eigenvalue weighted by Gasteiger charge is 2.51. The first-order chi connectivity index (χ1) is 18.5. The molecule has 0 saturated carbocycles. The highest BCUT2D eigenvalue weighted by Crippen LogP contribution is 2.36. The smallest absolute Gasteiger partial charge is 0.259 e. The molecule has 1 unspecified atom stereocenters. The van der Waals surface area contributed by atoms with E-state index in [1.807, 2.05) is 36.6 Å². The van der Waals surface area contributed by atoms with E-state index in [9.17, 15) is 14.0 Å². The molecule has 1 N–H and O–H groups in total. The molecule has 0 bridgehead atoms. The maximum atomic E-state index is 14.5. The van der Waals surface area contributed by atoms with E-state index in [1.54, 1.807) is 58.1 Å². The number of piperidine rings is 1. The van der Waals surface area contributed by atoms with Gasteiger partial charge in [0.15, 0.2) is 0 Å². The average molecular weight is 535 g/mol.